The van der Waals surface area contributed by atoms with Gasteiger partial charge in [-0.1, -0.05) is 25.3 Å². The van der Waals surface area contributed by atoms with Gasteiger partial charge in [0.25, 0.3) is 5.91 Å². The van der Waals surface area contributed by atoms with Crippen LogP contribution in [0.15, 0.2) is 59.2 Å². The van der Waals surface area contributed by atoms with E-state index in [1.165, 1.54) is 30.0 Å². The Labute approximate surface area is 246 Å². The van der Waals surface area contributed by atoms with Gasteiger partial charge in [0.2, 0.25) is 23.1 Å². The van der Waals surface area contributed by atoms with E-state index < -0.39 is 16.3 Å². The van der Waals surface area contributed by atoms with Gasteiger partial charge in [-0.3, -0.25) is 4.79 Å². The minimum absolute atomic E-state index is 0.00850. The van der Waals surface area contributed by atoms with Crippen LogP contribution in [-0.4, -0.2) is 76.3 Å². The van der Waals surface area contributed by atoms with Crippen LogP contribution in [0, 0.1) is 0 Å². The third-order valence-electron chi connectivity index (χ3n) is 7.74. The second-order valence-electron chi connectivity index (χ2n) is 10.5. The van der Waals surface area contributed by atoms with Crippen molar-refractivity contribution in [3.05, 3.63) is 59.9 Å². The second-order valence-corrected chi connectivity index (χ2v) is 12.5. The fourth-order valence-corrected chi connectivity index (χ4v) is 6.86. The smallest absolute Gasteiger partial charge is 0.286 e. The lowest BCUT2D eigenvalue weighted by Gasteiger charge is -2.31. The van der Waals surface area contributed by atoms with E-state index in [0.717, 1.165) is 31.2 Å². The SMILES string of the molecule is COc1ccc(S(=O)(=O)N(CCO)CCO[C@@H]2C[C@H](c3ccc4c(c3)OCO4)C=C(C(=O)NC3CCCCC3)O2)cc1. The van der Waals surface area contributed by atoms with Gasteiger partial charge in [0, 0.05) is 31.5 Å². The Morgan fingerprint density at radius 1 is 1.05 bits per heavy atom. The molecule has 11 nitrogen and oxygen atoms in total. The Morgan fingerprint density at radius 3 is 2.55 bits per heavy atom. The Kier molecular flexibility index (Phi) is 9.88. The number of benzene rings is 2. The number of carbonyl (C=O) groups is 1. The summed E-state index contributed by atoms with van der Waals surface area (Å²) in [5.74, 6) is 1.53. The summed E-state index contributed by atoms with van der Waals surface area (Å²) < 4.78 is 55.9. The Bertz CT molecular complexity index is 1360. The van der Waals surface area contributed by atoms with Crippen LogP contribution < -0.4 is 19.5 Å². The van der Waals surface area contributed by atoms with E-state index in [0.29, 0.717) is 23.7 Å². The molecule has 1 amide bonds. The maximum absolute atomic E-state index is 13.3. The molecule has 1 fully saturated rings. The average Bonchev–Trinajstić information content (AvgIpc) is 3.49. The fraction of sp³-hybridized carbons (Fsp3) is 0.500. The topological polar surface area (TPSA) is 133 Å². The molecule has 2 heterocycles. The van der Waals surface area contributed by atoms with Gasteiger partial charge in [-0.05, 0) is 60.9 Å². The minimum atomic E-state index is -3.90. The third-order valence-corrected chi connectivity index (χ3v) is 9.65. The fourth-order valence-electron chi connectivity index (χ4n) is 5.44. The molecule has 0 bridgehead atoms. The first-order chi connectivity index (χ1) is 20.4. The van der Waals surface area contributed by atoms with Crippen molar-refractivity contribution in [1.29, 1.82) is 0 Å². The van der Waals surface area contributed by atoms with Crippen LogP contribution in [0.5, 0.6) is 17.2 Å². The summed E-state index contributed by atoms with van der Waals surface area (Å²) in [6.07, 6.45) is 6.64. The van der Waals surface area contributed by atoms with Gasteiger partial charge in [-0.15, -0.1) is 0 Å². The number of hydrogen-bond donors (Lipinski definition) is 2. The third kappa shape index (κ3) is 7.17. The number of sulfonamides is 1. The number of rotatable bonds is 12. The van der Waals surface area contributed by atoms with Crippen LogP contribution in [0.1, 0.15) is 50.0 Å². The van der Waals surface area contributed by atoms with Crippen LogP contribution in [0.2, 0.25) is 0 Å². The number of methoxy groups -OCH3 is 1. The molecule has 2 aromatic carbocycles. The summed E-state index contributed by atoms with van der Waals surface area (Å²) in [4.78, 5) is 13.3. The summed E-state index contributed by atoms with van der Waals surface area (Å²) in [7, 11) is -2.39. The zero-order valence-corrected chi connectivity index (χ0v) is 24.5. The number of hydrogen-bond acceptors (Lipinski definition) is 9. The van der Waals surface area contributed by atoms with Crippen molar-refractivity contribution in [2.75, 3.05) is 40.2 Å². The van der Waals surface area contributed by atoms with E-state index in [1.807, 2.05) is 24.3 Å². The Morgan fingerprint density at radius 2 is 1.81 bits per heavy atom. The summed E-state index contributed by atoms with van der Waals surface area (Å²) in [6, 6.07) is 11.8. The van der Waals surface area contributed by atoms with E-state index in [-0.39, 0.29) is 61.6 Å². The molecule has 0 aromatic heterocycles. The van der Waals surface area contributed by atoms with Crippen LogP contribution in [0.3, 0.4) is 0 Å². The van der Waals surface area contributed by atoms with Gasteiger partial charge in [0.1, 0.15) is 5.75 Å². The van der Waals surface area contributed by atoms with Crippen molar-refractivity contribution in [2.24, 2.45) is 0 Å². The molecule has 1 aliphatic carbocycles. The number of fused-ring (bicyclic) bond motifs is 1. The molecule has 12 heteroatoms. The molecule has 0 spiro atoms. The Hall–Kier alpha value is -3.32. The van der Waals surface area contributed by atoms with E-state index in [4.69, 9.17) is 23.7 Å². The first kappa shape index (κ1) is 30.1. The predicted octanol–water partition coefficient (Wildman–Crippen LogP) is 3.29. The first-order valence-electron chi connectivity index (χ1n) is 14.3. The molecule has 2 aromatic rings. The Balaban J connectivity index is 1.28. The van der Waals surface area contributed by atoms with Crippen molar-refractivity contribution in [2.45, 2.75) is 61.7 Å². The zero-order chi connectivity index (χ0) is 29.5. The number of amides is 1. The summed E-state index contributed by atoms with van der Waals surface area (Å²) in [5, 5.41) is 12.7. The van der Waals surface area contributed by atoms with Gasteiger partial charge in [-0.25, -0.2) is 8.42 Å². The molecule has 0 radical (unpaired) electrons. The average molecular weight is 603 g/mol. The number of allylic oxidation sites excluding steroid dienone is 1. The molecular formula is C30H38N2O9S. The van der Waals surface area contributed by atoms with Crippen molar-refractivity contribution in [3.8, 4) is 17.2 Å². The van der Waals surface area contributed by atoms with E-state index >= 15 is 0 Å². The molecule has 0 saturated heterocycles. The molecule has 1 saturated carbocycles. The molecule has 5 rings (SSSR count). The monoisotopic (exact) mass is 602 g/mol. The van der Waals surface area contributed by atoms with Crippen LogP contribution in [0.4, 0.5) is 0 Å². The second kappa shape index (κ2) is 13.8. The molecule has 42 heavy (non-hydrogen) atoms. The summed E-state index contributed by atoms with van der Waals surface area (Å²) in [6.45, 7) is -0.317. The lowest BCUT2D eigenvalue weighted by atomic mass is 9.92. The van der Waals surface area contributed by atoms with Gasteiger partial charge >= 0.3 is 0 Å². The number of carbonyl (C=O) groups excluding carboxylic acids is 1. The lowest BCUT2D eigenvalue weighted by Crippen LogP contribution is -2.40. The van der Waals surface area contributed by atoms with E-state index in [2.05, 4.69) is 5.32 Å². The molecule has 2 N–H and O–H groups in total. The molecule has 0 unspecified atom stereocenters. The van der Waals surface area contributed by atoms with Gasteiger partial charge < -0.3 is 34.1 Å². The molecule has 2 aliphatic heterocycles. The number of aliphatic hydroxyl groups is 1. The maximum atomic E-state index is 13.3. The van der Waals surface area contributed by atoms with Crippen molar-refractivity contribution >= 4 is 15.9 Å². The van der Waals surface area contributed by atoms with E-state index in [1.54, 1.807) is 12.1 Å². The van der Waals surface area contributed by atoms with Crippen LogP contribution in [0.25, 0.3) is 0 Å². The largest absolute Gasteiger partial charge is 0.497 e. The van der Waals surface area contributed by atoms with Crippen LogP contribution >= 0.6 is 0 Å². The highest BCUT2D eigenvalue weighted by molar-refractivity contribution is 7.89. The summed E-state index contributed by atoms with van der Waals surface area (Å²) >= 11 is 0. The van der Waals surface area contributed by atoms with Crippen molar-refractivity contribution < 1.29 is 42.0 Å². The molecule has 3 aliphatic rings. The molecule has 228 valence electrons. The minimum Gasteiger partial charge on any atom is -0.497 e. The highest BCUT2D eigenvalue weighted by Gasteiger charge is 2.32. The van der Waals surface area contributed by atoms with Gasteiger partial charge in [-0.2, -0.15) is 4.31 Å². The lowest BCUT2D eigenvalue weighted by molar-refractivity contribution is -0.147. The zero-order valence-electron chi connectivity index (χ0n) is 23.7. The molecular weight excluding hydrogens is 564 g/mol. The normalized spacial score (nSPS) is 20.6. The predicted molar refractivity (Wildman–Crippen MR) is 153 cm³/mol. The maximum Gasteiger partial charge on any atom is 0.286 e. The highest BCUT2D eigenvalue weighted by Crippen LogP contribution is 2.38. The number of nitrogens with zero attached hydrogens (tertiary/aromatic N) is 1. The number of aliphatic hydroxyl groups excluding tert-OH is 1. The quantitative estimate of drug-likeness (QED) is 0.376. The van der Waals surface area contributed by atoms with Gasteiger partial charge in [0.05, 0.1) is 25.2 Å². The van der Waals surface area contributed by atoms with Gasteiger partial charge in [0.15, 0.2) is 17.3 Å². The summed E-state index contributed by atoms with van der Waals surface area (Å²) in [5.41, 5.74) is 0.920. The highest BCUT2D eigenvalue weighted by atomic mass is 32.2. The number of nitrogens with one attached hydrogen (secondary N) is 1. The van der Waals surface area contributed by atoms with Crippen molar-refractivity contribution in [3.63, 3.8) is 0 Å². The number of ether oxygens (including phenoxy) is 5. The van der Waals surface area contributed by atoms with E-state index in [9.17, 15) is 18.3 Å². The first-order valence-corrected chi connectivity index (χ1v) is 15.8. The molecule has 2 atom stereocenters. The van der Waals surface area contributed by atoms with Crippen LogP contribution in [-0.2, 0) is 24.3 Å². The standard InChI is InChI=1S/C30H38N2O9S/c1-37-24-8-10-25(11-9-24)42(35,36)32(13-15-33)14-16-38-29-19-22(21-7-12-26-27(17-21)40-20-39-26)18-28(41-29)30(34)31-23-5-3-2-4-6-23/h7-12,17-18,22-23,29,33H,2-6,13-16,19-20H2,1H3,(H,31,34)/t22-,29+/m1/s1. The van der Waals surface area contributed by atoms with Crippen molar-refractivity contribution in [1.82, 2.24) is 9.62 Å².